The maximum Gasteiger partial charge on any atom is 0.128 e. The van der Waals surface area contributed by atoms with Crippen LogP contribution in [0.4, 0.5) is 0 Å². The van der Waals surface area contributed by atoms with Gasteiger partial charge in [-0.25, -0.2) is 0 Å². The standard InChI is InChI=1S/C15H24N2/c1-4-5-9-12-17(13(2)3)15(16)14-10-7-6-8-11-14/h6-8,10-11,13,16H,4-5,9,12H2,1-3H3. The molecule has 2 heteroatoms. The Labute approximate surface area is 105 Å². The average molecular weight is 232 g/mol. The fraction of sp³-hybridized carbons (Fsp3) is 0.533. The van der Waals surface area contributed by atoms with Gasteiger partial charge in [0, 0.05) is 18.2 Å². The van der Waals surface area contributed by atoms with Gasteiger partial charge in [-0.2, -0.15) is 0 Å². The lowest BCUT2D eigenvalue weighted by Crippen LogP contribution is -2.37. The van der Waals surface area contributed by atoms with Gasteiger partial charge in [0.2, 0.25) is 0 Å². The van der Waals surface area contributed by atoms with Gasteiger partial charge >= 0.3 is 0 Å². The molecule has 0 fully saturated rings. The smallest absolute Gasteiger partial charge is 0.128 e. The summed E-state index contributed by atoms with van der Waals surface area (Å²) in [6.45, 7) is 7.51. The number of nitrogens with zero attached hydrogens (tertiary/aromatic N) is 1. The Balaban J connectivity index is 2.67. The highest BCUT2D eigenvalue weighted by Crippen LogP contribution is 2.10. The Bertz CT molecular complexity index is 330. The predicted octanol–water partition coefficient (Wildman–Crippen LogP) is 3.91. The van der Waals surface area contributed by atoms with Gasteiger partial charge in [0.05, 0.1) is 0 Å². The Kier molecular flexibility index (Phi) is 5.75. The van der Waals surface area contributed by atoms with Crippen LogP contribution in [0.3, 0.4) is 0 Å². The van der Waals surface area contributed by atoms with Gasteiger partial charge in [0.1, 0.15) is 5.84 Å². The Hall–Kier alpha value is -1.31. The second-order valence-electron chi connectivity index (χ2n) is 4.71. The second kappa shape index (κ2) is 7.10. The molecular formula is C15H24N2. The third-order valence-electron chi connectivity index (χ3n) is 2.96. The van der Waals surface area contributed by atoms with E-state index in [-0.39, 0.29) is 0 Å². The van der Waals surface area contributed by atoms with E-state index in [1.165, 1.54) is 19.3 Å². The SMILES string of the molecule is CCCCCN(C(=N)c1ccccc1)C(C)C. The van der Waals surface area contributed by atoms with Crippen LogP contribution in [0, 0.1) is 5.41 Å². The molecule has 1 rings (SSSR count). The summed E-state index contributed by atoms with van der Waals surface area (Å²) < 4.78 is 0. The molecule has 0 radical (unpaired) electrons. The minimum absolute atomic E-state index is 0.388. The first-order chi connectivity index (χ1) is 8.16. The highest BCUT2D eigenvalue weighted by Gasteiger charge is 2.14. The highest BCUT2D eigenvalue weighted by molar-refractivity contribution is 5.96. The molecule has 0 spiro atoms. The summed E-state index contributed by atoms with van der Waals surface area (Å²) in [4.78, 5) is 2.19. The molecule has 0 saturated carbocycles. The van der Waals surface area contributed by atoms with E-state index in [0.717, 1.165) is 12.1 Å². The molecule has 0 atom stereocenters. The molecule has 0 bridgehead atoms. The number of rotatable bonds is 6. The third-order valence-corrected chi connectivity index (χ3v) is 2.96. The molecule has 0 aliphatic rings. The molecule has 1 aromatic rings. The maximum absolute atomic E-state index is 8.28. The molecule has 0 amide bonds. The van der Waals surface area contributed by atoms with Crippen molar-refractivity contribution in [2.75, 3.05) is 6.54 Å². The fourth-order valence-corrected chi connectivity index (χ4v) is 1.92. The van der Waals surface area contributed by atoms with Crippen molar-refractivity contribution in [3.8, 4) is 0 Å². The van der Waals surface area contributed by atoms with Crippen LogP contribution in [0.5, 0.6) is 0 Å². The van der Waals surface area contributed by atoms with Crippen molar-refractivity contribution in [2.24, 2.45) is 0 Å². The number of nitrogens with one attached hydrogen (secondary N) is 1. The van der Waals surface area contributed by atoms with Crippen molar-refractivity contribution < 1.29 is 0 Å². The van der Waals surface area contributed by atoms with E-state index in [0.29, 0.717) is 11.9 Å². The monoisotopic (exact) mass is 232 g/mol. The highest BCUT2D eigenvalue weighted by atomic mass is 15.2. The van der Waals surface area contributed by atoms with Gasteiger partial charge in [-0.05, 0) is 20.3 Å². The van der Waals surface area contributed by atoms with Gasteiger partial charge in [0.15, 0.2) is 0 Å². The number of hydrogen-bond acceptors (Lipinski definition) is 1. The zero-order valence-electron chi connectivity index (χ0n) is 11.2. The van der Waals surface area contributed by atoms with Gasteiger partial charge in [0.25, 0.3) is 0 Å². The van der Waals surface area contributed by atoms with E-state index in [4.69, 9.17) is 5.41 Å². The summed E-state index contributed by atoms with van der Waals surface area (Å²) in [6, 6.07) is 10.4. The first-order valence-electron chi connectivity index (χ1n) is 6.57. The van der Waals surface area contributed by atoms with Crippen LogP contribution in [0.2, 0.25) is 0 Å². The molecular weight excluding hydrogens is 208 g/mol. The lowest BCUT2D eigenvalue weighted by Gasteiger charge is -2.29. The lowest BCUT2D eigenvalue weighted by molar-refractivity contribution is 0.339. The van der Waals surface area contributed by atoms with E-state index < -0.39 is 0 Å². The molecule has 0 heterocycles. The van der Waals surface area contributed by atoms with Crippen LogP contribution >= 0.6 is 0 Å². The van der Waals surface area contributed by atoms with Gasteiger partial charge < -0.3 is 4.90 Å². The van der Waals surface area contributed by atoms with Gasteiger partial charge in [-0.3, -0.25) is 5.41 Å². The predicted molar refractivity (Wildman–Crippen MR) is 74.6 cm³/mol. The number of unbranched alkanes of at least 4 members (excludes halogenated alkanes) is 2. The normalized spacial score (nSPS) is 10.6. The number of benzene rings is 1. The van der Waals surface area contributed by atoms with Crippen molar-refractivity contribution >= 4 is 5.84 Å². The average Bonchev–Trinajstić information content (AvgIpc) is 2.34. The molecule has 17 heavy (non-hydrogen) atoms. The van der Waals surface area contributed by atoms with E-state index >= 15 is 0 Å². The summed E-state index contributed by atoms with van der Waals surface area (Å²) in [7, 11) is 0. The zero-order valence-corrected chi connectivity index (χ0v) is 11.2. The van der Waals surface area contributed by atoms with E-state index in [1.807, 2.05) is 30.3 Å². The molecule has 2 nitrogen and oxygen atoms in total. The molecule has 1 aromatic carbocycles. The molecule has 0 aliphatic heterocycles. The largest absolute Gasteiger partial charge is 0.354 e. The van der Waals surface area contributed by atoms with Crippen molar-refractivity contribution in [2.45, 2.75) is 46.1 Å². The van der Waals surface area contributed by atoms with Crippen LogP contribution in [-0.4, -0.2) is 23.3 Å². The van der Waals surface area contributed by atoms with Gasteiger partial charge in [-0.1, -0.05) is 50.1 Å². The van der Waals surface area contributed by atoms with Crippen LogP contribution < -0.4 is 0 Å². The van der Waals surface area contributed by atoms with E-state index in [1.54, 1.807) is 0 Å². The van der Waals surface area contributed by atoms with Crippen molar-refractivity contribution in [1.82, 2.24) is 4.90 Å². The van der Waals surface area contributed by atoms with Crippen LogP contribution in [0.15, 0.2) is 30.3 Å². The summed E-state index contributed by atoms with van der Waals surface area (Å²) in [6.07, 6.45) is 3.64. The van der Waals surface area contributed by atoms with Crippen LogP contribution in [0.1, 0.15) is 45.6 Å². The summed E-state index contributed by atoms with van der Waals surface area (Å²) >= 11 is 0. The van der Waals surface area contributed by atoms with Gasteiger partial charge in [-0.15, -0.1) is 0 Å². The first kappa shape index (κ1) is 13.8. The fourth-order valence-electron chi connectivity index (χ4n) is 1.92. The Morgan fingerprint density at radius 3 is 2.35 bits per heavy atom. The number of hydrogen-bond donors (Lipinski definition) is 1. The van der Waals surface area contributed by atoms with Crippen molar-refractivity contribution in [3.63, 3.8) is 0 Å². The third kappa shape index (κ3) is 4.22. The summed E-state index contributed by atoms with van der Waals surface area (Å²) in [5.74, 6) is 0.650. The van der Waals surface area contributed by atoms with E-state index in [9.17, 15) is 0 Å². The lowest BCUT2D eigenvalue weighted by atomic mass is 10.1. The second-order valence-corrected chi connectivity index (χ2v) is 4.71. The Morgan fingerprint density at radius 1 is 1.18 bits per heavy atom. The molecule has 94 valence electrons. The number of amidine groups is 1. The first-order valence-corrected chi connectivity index (χ1v) is 6.57. The zero-order chi connectivity index (χ0) is 12.7. The maximum atomic E-state index is 8.28. The molecule has 0 saturated heterocycles. The van der Waals surface area contributed by atoms with Crippen LogP contribution in [-0.2, 0) is 0 Å². The minimum atomic E-state index is 0.388. The van der Waals surface area contributed by atoms with Crippen molar-refractivity contribution in [3.05, 3.63) is 35.9 Å². The summed E-state index contributed by atoms with van der Waals surface area (Å²) in [5.41, 5.74) is 1.01. The Morgan fingerprint density at radius 2 is 1.82 bits per heavy atom. The summed E-state index contributed by atoms with van der Waals surface area (Å²) in [5, 5.41) is 8.28. The molecule has 1 N–H and O–H groups in total. The minimum Gasteiger partial charge on any atom is -0.354 e. The van der Waals surface area contributed by atoms with E-state index in [2.05, 4.69) is 25.7 Å². The molecule has 0 aromatic heterocycles. The van der Waals surface area contributed by atoms with Crippen LogP contribution in [0.25, 0.3) is 0 Å². The topological polar surface area (TPSA) is 27.1 Å². The molecule has 0 aliphatic carbocycles. The molecule has 0 unspecified atom stereocenters. The van der Waals surface area contributed by atoms with Crippen molar-refractivity contribution in [1.29, 1.82) is 5.41 Å². The quantitative estimate of drug-likeness (QED) is 0.449.